The number of benzene rings is 1. The van der Waals surface area contributed by atoms with Gasteiger partial charge in [-0.15, -0.1) is 0 Å². The highest BCUT2D eigenvalue weighted by Gasteiger charge is 2.32. The Morgan fingerprint density at radius 3 is 2.76 bits per heavy atom. The van der Waals surface area contributed by atoms with Gasteiger partial charge in [0.25, 0.3) is 0 Å². The zero-order valence-corrected chi connectivity index (χ0v) is 12.5. The van der Waals surface area contributed by atoms with Gasteiger partial charge in [0.1, 0.15) is 5.82 Å². The summed E-state index contributed by atoms with van der Waals surface area (Å²) in [7, 11) is 0. The number of hydrogen-bond donors (Lipinski definition) is 2. The summed E-state index contributed by atoms with van der Waals surface area (Å²) in [6, 6.07) is 6.23. The highest BCUT2D eigenvalue weighted by Crippen LogP contribution is 2.33. The minimum absolute atomic E-state index is 0.340. The van der Waals surface area contributed by atoms with Crippen LogP contribution in [-0.2, 0) is 6.54 Å². The van der Waals surface area contributed by atoms with Crippen molar-refractivity contribution in [1.82, 2.24) is 5.32 Å². The molecule has 0 amide bonds. The van der Waals surface area contributed by atoms with Gasteiger partial charge in [0, 0.05) is 13.1 Å². The van der Waals surface area contributed by atoms with Crippen molar-refractivity contribution in [1.29, 1.82) is 5.26 Å². The average molecular weight is 290 g/mol. The Kier molecular flexibility index (Phi) is 5.33. The molecular weight excluding hydrogens is 267 g/mol. The molecule has 114 valence electrons. The third-order valence-corrected chi connectivity index (χ3v) is 4.57. The van der Waals surface area contributed by atoms with Crippen molar-refractivity contribution in [2.45, 2.75) is 51.2 Å². The van der Waals surface area contributed by atoms with Crippen molar-refractivity contribution in [3.63, 3.8) is 0 Å². The van der Waals surface area contributed by atoms with Crippen LogP contribution in [0.5, 0.6) is 0 Å². The highest BCUT2D eigenvalue weighted by atomic mass is 19.1. The van der Waals surface area contributed by atoms with Crippen LogP contribution in [0.4, 0.5) is 4.39 Å². The maximum atomic E-state index is 13.2. The van der Waals surface area contributed by atoms with Gasteiger partial charge in [-0.2, -0.15) is 5.26 Å². The molecule has 3 nitrogen and oxygen atoms in total. The van der Waals surface area contributed by atoms with Gasteiger partial charge in [0.2, 0.25) is 0 Å². The van der Waals surface area contributed by atoms with Crippen LogP contribution in [0.1, 0.15) is 50.2 Å². The first-order chi connectivity index (χ1) is 10.1. The molecule has 1 aliphatic rings. The van der Waals surface area contributed by atoms with E-state index >= 15 is 0 Å². The van der Waals surface area contributed by atoms with Crippen LogP contribution in [0, 0.1) is 23.1 Å². The van der Waals surface area contributed by atoms with Gasteiger partial charge in [0.15, 0.2) is 0 Å². The molecule has 1 fully saturated rings. The summed E-state index contributed by atoms with van der Waals surface area (Å²) in [5, 5.41) is 22.7. The molecule has 1 aliphatic carbocycles. The molecule has 0 radical (unpaired) electrons. The SMILES string of the molecule is CCC1CCC(O)(CNCc2cc(F)ccc2C#N)CC1. The molecule has 2 N–H and O–H groups in total. The predicted molar refractivity (Wildman–Crippen MR) is 80.0 cm³/mol. The Labute approximate surface area is 125 Å². The number of hydrogen-bond acceptors (Lipinski definition) is 3. The summed E-state index contributed by atoms with van der Waals surface area (Å²) in [5.74, 6) is 0.395. The normalized spacial score (nSPS) is 25.5. The lowest BCUT2D eigenvalue weighted by molar-refractivity contribution is -0.00881. The van der Waals surface area contributed by atoms with Crippen LogP contribution in [0.15, 0.2) is 18.2 Å². The molecule has 1 saturated carbocycles. The van der Waals surface area contributed by atoms with Crippen molar-refractivity contribution in [3.05, 3.63) is 35.1 Å². The minimum atomic E-state index is -0.661. The third kappa shape index (κ3) is 4.26. The third-order valence-electron chi connectivity index (χ3n) is 4.57. The molecule has 21 heavy (non-hydrogen) atoms. The summed E-state index contributed by atoms with van der Waals surface area (Å²) >= 11 is 0. The van der Waals surface area contributed by atoms with Crippen molar-refractivity contribution in [2.75, 3.05) is 6.54 Å². The van der Waals surface area contributed by atoms with Crippen molar-refractivity contribution in [3.8, 4) is 6.07 Å². The fraction of sp³-hybridized carbons (Fsp3) is 0.588. The molecule has 0 heterocycles. The van der Waals surface area contributed by atoms with E-state index in [1.165, 1.54) is 24.6 Å². The van der Waals surface area contributed by atoms with Crippen LogP contribution >= 0.6 is 0 Å². The van der Waals surface area contributed by atoms with Gasteiger partial charge in [-0.3, -0.25) is 0 Å². The largest absolute Gasteiger partial charge is 0.389 e. The number of aliphatic hydroxyl groups is 1. The first-order valence-electron chi connectivity index (χ1n) is 7.68. The smallest absolute Gasteiger partial charge is 0.123 e. The van der Waals surface area contributed by atoms with Crippen LogP contribution in [0.2, 0.25) is 0 Å². The average Bonchev–Trinajstić information content (AvgIpc) is 2.48. The first-order valence-corrected chi connectivity index (χ1v) is 7.68. The predicted octanol–water partition coefficient (Wildman–Crippen LogP) is 3.12. The first kappa shape index (κ1) is 15.9. The van der Waals surface area contributed by atoms with Gasteiger partial charge in [0.05, 0.1) is 17.2 Å². The lowest BCUT2D eigenvalue weighted by atomic mass is 9.78. The van der Waals surface area contributed by atoms with Crippen molar-refractivity contribution < 1.29 is 9.50 Å². The Morgan fingerprint density at radius 1 is 1.43 bits per heavy atom. The summed E-state index contributed by atoms with van der Waals surface area (Å²) in [6.07, 6.45) is 4.94. The van der Waals surface area contributed by atoms with Crippen LogP contribution in [0.25, 0.3) is 0 Å². The fourth-order valence-electron chi connectivity index (χ4n) is 3.05. The van der Waals surface area contributed by atoms with E-state index in [-0.39, 0.29) is 5.82 Å². The monoisotopic (exact) mass is 290 g/mol. The zero-order valence-electron chi connectivity index (χ0n) is 12.5. The molecule has 2 rings (SSSR count). The molecule has 0 aromatic heterocycles. The molecule has 0 spiro atoms. The number of rotatable bonds is 5. The number of halogens is 1. The second-order valence-electron chi connectivity index (χ2n) is 6.09. The van der Waals surface area contributed by atoms with Gasteiger partial charge in [-0.05, 0) is 55.4 Å². The Morgan fingerprint density at radius 2 is 2.14 bits per heavy atom. The minimum Gasteiger partial charge on any atom is -0.389 e. The van der Waals surface area contributed by atoms with Gasteiger partial charge in [-0.25, -0.2) is 4.39 Å². The lowest BCUT2D eigenvalue weighted by Gasteiger charge is -2.36. The van der Waals surface area contributed by atoms with E-state index < -0.39 is 5.60 Å². The van der Waals surface area contributed by atoms with Crippen molar-refractivity contribution >= 4 is 0 Å². The van der Waals surface area contributed by atoms with E-state index in [1.807, 2.05) is 0 Å². The Hall–Kier alpha value is -1.44. The van der Waals surface area contributed by atoms with Crippen LogP contribution < -0.4 is 5.32 Å². The molecule has 0 atom stereocenters. The van der Waals surface area contributed by atoms with E-state index in [2.05, 4.69) is 18.3 Å². The van der Waals surface area contributed by atoms with Gasteiger partial charge >= 0.3 is 0 Å². The maximum absolute atomic E-state index is 13.2. The van der Waals surface area contributed by atoms with E-state index in [0.29, 0.717) is 24.2 Å². The van der Waals surface area contributed by atoms with Crippen molar-refractivity contribution in [2.24, 2.45) is 5.92 Å². The molecule has 0 unspecified atom stereocenters. The molecule has 0 bridgehead atoms. The number of nitrogens with zero attached hydrogens (tertiary/aromatic N) is 1. The second kappa shape index (κ2) is 7.02. The molecule has 1 aromatic carbocycles. The molecule has 4 heteroatoms. The number of nitrogens with one attached hydrogen (secondary N) is 1. The summed E-state index contributed by atoms with van der Waals surface area (Å²) in [6.45, 7) is 3.09. The van der Waals surface area contributed by atoms with E-state index in [1.54, 1.807) is 0 Å². The maximum Gasteiger partial charge on any atom is 0.123 e. The molecular formula is C17H23FN2O. The molecule has 1 aromatic rings. The van der Waals surface area contributed by atoms with Gasteiger partial charge < -0.3 is 10.4 Å². The standard InChI is InChI=1S/C17H23FN2O/c1-2-13-5-7-17(21,8-6-13)12-20-11-15-9-16(18)4-3-14(15)10-19/h3-4,9,13,20-21H,2,5-8,11-12H2,1H3. The lowest BCUT2D eigenvalue weighted by Crippen LogP contribution is -2.43. The van der Waals surface area contributed by atoms with E-state index in [0.717, 1.165) is 31.6 Å². The number of nitriles is 1. The topological polar surface area (TPSA) is 56.0 Å². The van der Waals surface area contributed by atoms with E-state index in [4.69, 9.17) is 5.26 Å². The summed E-state index contributed by atoms with van der Waals surface area (Å²) in [5.41, 5.74) is 0.458. The molecule has 0 saturated heterocycles. The van der Waals surface area contributed by atoms with Crippen LogP contribution in [0.3, 0.4) is 0 Å². The van der Waals surface area contributed by atoms with E-state index in [9.17, 15) is 9.50 Å². The summed E-state index contributed by atoms with van der Waals surface area (Å²) in [4.78, 5) is 0. The fourth-order valence-corrected chi connectivity index (χ4v) is 3.05. The summed E-state index contributed by atoms with van der Waals surface area (Å²) < 4.78 is 13.2. The Balaban J connectivity index is 1.87. The van der Waals surface area contributed by atoms with Gasteiger partial charge in [-0.1, -0.05) is 13.3 Å². The highest BCUT2D eigenvalue weighted by molar-refractivity contribution is 5.37. The molecule has 0 aliphatic heterocycles. The Bertz CT molecular complexity index is 516. The van der Waals surface area contributed by atoms with Crippen LogP contribution in [-0.4, -0.2) is 17.3 Å². The quantitative estimate of drug-likeness (QED) is 0.876. The second-order valence-corrected chi connectivity index (χ2v) is 6.09. The zero-order chi connectivity index (χ0) is 15.3.